The minimum atomic E-state index is -0.0232. The molecule has 3 rings (SSSR count). The highest BCUT2D eigenvalue weighted by Crippen LogP contribution is 2.39. The van der Waals surface area contributed by atoms with E-state index in [9.17, 15) is 10.1 Å². The number of amides is 1. The van der Waals surface area contributed by atoms with Gasteiger partial charge in [-0.05, 0) is 49.6 Å². The summed E-state index contributed by atoms with van der Waals surface area (Å²) in [7, 11) is 0. The Hall–Kier alpha value is -2.32. The van der Waals surface area contributed by atoms with Crippen LogP contribution in [0.1, 0.15) is 42.0 Å². The Morgan fingerprint density at radius 3 is 2.92 bits per heavy atom. The first kappa shape index (κ1) is 16.5. The lowest BCUT2D eigenvalue weighted by molar-refractivity contribution is -0.115. The number of nitrogens with zero attached hydrogens (tertiary/aromatic N) is 2. The summed E-state index contributed by atoms with van der Waals surface area (Å²) in [6, 6.07) is 13.7. The molecular formula is C19H19N3OS. The number of thioether (sulfide) groups is 1. The standard InChI is InChI=1S/C19H19N3OS/c1-13-3-2-4-16(11-13)21-18(23)9-10-24-19-15(12-20)7-8-17(22-19)14-5-6-14/h2-4,7-8,11,14H,5-6,9-10H2,1H3,(H,21,23). The van der Waals surface area contributed by atoms with Crippen molar-refractivity contribution in [2.75, 3.05) is 11.1 Å². The Morgan fingerprint density at radius 2 is 2.21 bits per heavy atom. The number of hydrogen-bond acceptors (Lipinski definition) is 4. The zero-order chi connectivity index (χ0) is 16.9. The van der Waals surface area contributed by atoms with Crippen molar-refractivity contribution in [3.63, 3.8) is 0 Å². The molecule has 0 saturated heterocycles. The Morgan fingerprint density at radius 1 is 1.38 bits per heavy atom. The molecular weight excluding hydrogens is 318 g/mol. The number of nitrogens with one attached hydrogen (secondary N) is 1. The van der Waals surface area contributed by atoms with E-state index in [0.717, 1.165) is 22.0 Å². The normalized spacial score (nSPS) is 13.3. The Kier molecular flexibility index (Phi) is 5.17. The van der Waals surface area contributed by atoms with Gasteiger partial charge in [0.25, 0.3) is 0 Å². The van der Waals surface area contributed by atoms with Crippen molar-refractivity contribution in [3.8, 4) is 6.07 Å². The topological polar surface area (TPSA) is 65.8 Å². The van der Waals surface area contributed by atoms with E-state index in [4.69, 9.17) is 0 Å². The fourth-order valence-electron chi connectivity index (χ4n) is 2.44. The molecule has 1 amide bonds. The van der Waals surface area contributed by atoms with Gasteiger partial charge in [0.15, 0.2) is 0 Å². The van der Waals surface area contributed by atoms with Crippen molar-refractivity contribution in [1.29, 1.82) is 5.26 Å². The second kappa shape index (κ2) is 7.50. The van der Waals surface area contributed by atoms with Gasteiger partial charge in [0.05, 0.1) is 5.56 Å². The summed E-state index contributed by atoms with van der Waals surface area (Å²) in [5.41, 5.74) is 3.59. The van der Waals surface area contributed by atoms with Crippen LogP contribution in [-0.2, 0) is 4.79 Å². The van der Waals surface area contributed by atoms with Crippen LogP contribution in [-0.4, -0.2) is 16.6 Å². The summed E-state index contributed by atoms with van der Waals surface area (Å²) < 4.78 is 0. The van der Waals surface area contributed by atoms with Crippen LogP contribution in [0.25, 0.3) is 0 Å². The molecule has 1 heterocycles. The summed E-state index contributed by atoms with van der Waals surface area (Å²) in [6.45, 7) is 1.99. The average molecular weight is 337 g/mol. The van der Waals surface area contributed by atoms with Crippen molar-refractivity contribution >= 4 is 23.4 Å². The minimum absolute atomic E-state index is 0.0232. The molecule has 1 aliphatic carbocycles. The summed E-state index contributed by atoms with van der Waals surface area (Å²) in [5.74, 6) is 1.14. The zero-order valence-electron chi connectivity index (χ0n) is 13.6. The van der Waals surface area contributed by atoms with Crippen molar-refractivity contribution in [2.45, 2.75) is 37.1 Å². The molecule has 0 bridgehead atoms. The van der Waals surface area contributed by atoms with Gasteiger partial charge in [0.1, 0.15) is 11.1 Å². The molecule has 0 aliphatic heterocycles. The van der Waals surface area contributed by atoms with Gasteiger partial charge in [-0.1, -0.05) is 12.1 Å². The number of pyridine rings is 1. The summed E-state index contributed by atoms with van der Waals surface area (Å²) in [4.78, 5) is 16.7. The molecule has 24 heavy (non-hydrogen) atoms. The minimum Gasteiger partial charge on any atom is -0.326 e. The summed E-state index contributed by atoms with van der Waals surface area (Å²) in [6.07, 6.45) is 2.75. The lowest BCUT2D eigenvalue weighted by atomic mass is 10.2. The van der Waals surface area contributed by atoms with Crippen molar-refractivity contribution in [2.24, 2.45) is 0 Å². The Labute approximate surface area is 146 Å². The molecule has 1 aromatic carbocycles. The number of aryl methyl sites for hydroxylation is 1. The molecule has 0 unspecified atom stereocenters. The molecule has 1 aliphatic rings. The van der Waals surface area contributed by atoms with E-state index in [-0.39, 0.29) is 5.91 Å². The van der Waals surface area contributed by atoms with Gasteiger partial charge in [-0.2, -0.15) is 5.26 Å². The molecule has 2 aromatic rings. The van der Waals surface area contributed by atoms with Crippen LogP contribution in [0.3, 0.4) is 0 Å². The number of carbonyl (C=O) groups is 1. The molecule has 0 atom stereocenters. The highest BCUT2D eigenvalue weighted by atomic mass is 32.2. The van der Waals surface area contributed by atoms with E-state index in [0.29, 0.717) is 23.7 Å². The number of anilines is 1. The molecule has 1 saturated carbocycles. The highest BCUT2D eigenvalue weighted by molar-refractivity contribution is 7.99. The second-order valence-electron chi connectivity index (χ2n) is 5.99. The number of hydrogen-bond donors (Lipinski definition) is 1. The maximum absolute atomic E-state index is 12.0. The van der Waals surface area contributed by atoms with E-state index in [1.165, 1.54) is 24.6 Å². The van der Waals surface area contributed by atoms with Crippen LogP contribution in [0.5, 0.6) is 0 Å². The molecule has 1 N–H and O–H groups in total. The maximum atomic E-state index is 12.0. The molecule has 0 spiro atoms. The van der Waals surface area contributed by atoms with Crippen LogP contribution in [0.2, 0.25) is 0 Å². The first-order valence-electron chi connectivity index (χ1n) is 8.06. The molecule has 0 radical (unpaired) electrons. The lowest BCUT2D eigenvalue weighted by Crippen LogP contribution is -2.12. The fourth-order valence-corrected chi connectivity index (χ4v) is 3.36. The van der Waals surface area contributed by atoms with Crippen molar-refractivity contribution < 1.29 is 4.79 Å². The largest absolute Gasteiger partial charge is 0.326 e. The maximum Gasteiger partial charge on any atom is 0.225 e. The predicted molar refractivity (Wildman–Crippen MR) is 96.1 cm³/mol. The fraction of sp³-hybridized carbons (Fsp3) is 0.316. The molecule has 4 nitrogen and oxygen atoms in total. The van der Waals surface area contributed by atoms with Crippen LogP contribution in [0.15, 0.2) is 41.4 Å². The van der Waals surface area contributed by atoms with Crippen LogP contribution >= 0.6 is 11.8 Å². The quantitative estimate of drug-likeness (QED) is 0.800. The number of nitriles is 1. The molecule has 1 aromatic heterocycles. The first-order valence-corrected chi connectivity index (χ1v) is 9.04. The van der Waals surface area contributed by atoms with Gasteiger partial charge in [-0.15, -0.1) is 11.8 Å². The van der Waals surface area contributed by atoms with Crippen molar-refractivity contribution in [1.82, 2.24) is 4.98 Å². The van der Waals surface area contributed by atoms with Gasteiger partial charge in [0.2, 0.25) is 5.91 Å². The highest BCUT2D eigenvalue weighted by Gasteiger charge is 2.25. The van der Waals surface area contributed by atoms with E-state index >= 15 is 0 Å². The smallest absolute Gasteiger partial charge is 0.225 e. The van der Waals surface area contributed by atoms with Gasteiger partial charge >= 0.3 is 0 Å². The van der Waals surface area contributed by atoms with E-state index in [1.54, 1.807) is 0 Å². The third kappa shape index (κ3) is 4.36. The monoisotopic (exact) mass is 337 g/mol. The second-order valence-corrected chi connectivity index (χ2v) is 7.07. The third-order valence-corrected chi connectivity index (χ3v) is 4.86. The van der Waals surface area contributed by atoms with Gasteiger partial charge in [0, 0.05) is 29.5 Å². The van der Waals surface area contributed by atoms with E-state index in [1.807, 2.05) is 43.3 Å². The number of carbonyl (C=O) groups excluding carboxylic acids is 1. The SMILES string of the molecule is Cc1cccc(NC(=O)CCSc2nc(C3CC3)ccc2C#N)c1. The average Bonchev–Trinajstić information content (AvgIpc) is 3.39. The van der Waals surface area contributed by atoms with Crippen molar-refractivity contribution in [3.05, 3.63) is 53.2 Å². The number of aromatic nitrogens is 1. The van der Waals surface area contributed by atoms with E-state index < -0.39 is 0 Å². The molecule has 1 fully saturated rings. The summed E-state index contributed by atoms with van der Waals surface area (Å²) >= 11 is 1.48. The van der Waals surface area contributed by atoms with Gasteiger partial charge in [-0.3, -0.25) is 4.79 Å². The van der Waals surface area contributed by atoms with Crippen LogP contribution in [0.4, 0.5) is 5.69 Å². The lowest BCUT2D eigenvalue weighted by Gasteiger charge is -2.07. The number of benzene rings is 1. The third-order valence-electron chi connectivity index (χ3n) is 3.87. The first-order chi connectivity index (χ1) is 11.7. The number of rotatable bonds is 6. The summed E-state index contributed by atoms with van der Waals surface area (Å²) in [5, 5.41) is 12.9. The Balaban J connectivity index is 1.55. The molecule has 122 valence electrons. The van der Waals surface area contributed by atoms with Gasteiger partial charge in [-0.25, -0.2) is 4.98 Å². The zero-order valence-corrected chi connectivity index (χ0v) is 14.4. The van der Waals surface area contributed by atoms with Gasteiger partial charge < -0.3 is 5.32 Å². The van der Waals surface area contributed by atoms with E-state index in [2.05, 4.69) is 16.4 Å². The predicted octanol–water partition coefficient (Wildman–Crippen LogP) is 4.26. The van der Waals surface area contributed by atoms with Crippen LogP contribution in [0, 0.1) is 18.3 Å². The molecule has 5 heteroatoms. The van der Waals surface area contributed by atoms with Crippen LogP contribution < -0.4 is 5.32 Å². The Bertz CT molecular complexity index is 793.